The van der Waals surface area contributed by atoms with Gasteiger partial charge in [0.15, 0.2) is 0 Å². The van der Waals surface area contributed by atoms with E-state index >= 15 is 0 Å². The third kappa shape index (κ3) is 5.82. The smallest absolute Gasteiger partial charge is 0.410 e. The first-order valence-corrected chi connectivity index (χ1v) is 7.89. The van der Waals surface area contributed by atoms with Gasteiger partial charge >= 0.3 is 6.09 Å². The van der Waals surface area contributed by atoms with Crippen molar-refractivity contribution in [2.75, 3.05) is 32.7 Å². The molecule has 22 heavy (non-hydrogen) atoms. The Balaban J connectivity index is 2.83. The molecule has 0 radical (unpaired) electrons. The largest absolute Gasteiger partial charge is 0.444 e. The van der Waals surface area contributed by atoms with Gasteiger partial charge < -0.3 is 15.0 Å². The molecule has 1 fully saturated rings. The molecule has 1 heterocycles. The van der Waals surface area contributed by atoms with Gasteiger partial charge in [-0.25, -0.2) is 4.79 Å². The number of nitrogens with zero attached hydrogens (tertiary/aromatic N) is 3. The predicted molar refractivity (Wildman–Crippen MR) is 86.5 cm³/mol. The number of hydrogen-bond donors (Lipinski definition) is 1. The van der Waals surface area contributed by atoms with Gasteiger partial charge in [-0.3, -0.25) is 4.90 Å². The quantitative estimate of drug-likeness (QED) is 0.861. The minimum atomic E-state index is -0.544. The van der Waals surface area contributed by atoms with Crippen LogP contribution in [0.1, 0.15) is 41.5 Å². The fourth-order valence-electron chi connectivity index (χ4n) is 2.34. The second-order valence-corrected chi connectivity index (χ2v) is 7.69. The monoisotopic (exact) mass is 310 g/mol. The third-order valence-corrected chi connectivity index (χ3v) is 3.52. The molecule has 6 nitrogen and oxygen atoms in total. The lowest BCUT2D eigenvalue weighted by Crippen LogP contribution is -2.56. The molecular formula is C16H30N4O2. The SMILES string of the molecule is CC(C)(C)OC(=O)N(CC(C#N)N1CCNCC1)C(C)(C)C. The molecule has 1 amide bonds. The Kier molecular flexibility index (Phi) is 6.21. The number of nitrogens with one attached hydrogen (secondary N) is 1. The summed E-state index contributed by atoms with van der Waals surface area (Å²) in [6.45, 7) is 15.2. The Morgan fingerprint density at radius 2 is 1.82 bits per heavy atom. The Bertz CT molecular complexity index is 411. The van der Waals surface area contributed by atoms with Gasteiger partial charge in [-0.2, -0.15) is 5.26 Å². The Labute approximate surface area is 134 Å². The summed E-state index contributed by atoms with van der Waals surface area (Å²) >= 11 is 0. The number of carbonyl (C=O) groups is 1. The fraction of sp³-hybridized carbons (Fsp3) is 0.875. The van der Waals surface area contributed by atoms with Crippen LogP contribution >= 0.6 is 0 Å². The Morgan fingerprint density at radius 3 is 2.23 bits per heavy atom. The average Bonchev–Trinajstić information content (AvgIpc) is 2.37. The van der Waals surface area contributed by atoms with Crippen molar-refractivity contribution in [2.45, 2.75) is 58.7 Å². The summed E-state index contributed by atoms with van der Waals surface area (Å²) in [6.07, 6.45) is -0.365. The molecule has 0 bridgehead atoms. The van der Waals surface area contributed by atoms with Gasteiger partial charge in [-0.1, -0.05) is 0 Å². The molecule has 1 aliphatic heterocycles. The lowest BCUT2D eigenvalue weighted by atomic mass is 10.1. The standard InChI is InChI=1S/C16H30N4O2/c1-15(2,3)20(14(21)22-16(4,5)6)12-13(11-17)19-9-7-18-8-10-19/h13,18H,7-10,12H2,1-6H3. The maximum absolute atomic E-state index is 12.5. The van der Waals surface area contributed by atoms with E-state index in [0.717, 1.165) is 26.2 Å². The van der Waals surface area contributed by atoms with Crippen LogP contribution in [-0.4, -0.2) is 65.8 Å². The van der Waals surface area contributed by atoms with E-state index < -0.39 is 11.1 Å². The van der Waals surface area contributed by atoms with Gasteiger partial charge in [-0.05, 0) is 41.5 Å². The highest BCUT2D eigenvalue weighted by atomic mass is 16.6. The number of piperazine rings is 1. The molecule has 1 unspecified atom stereocenters. The van der Waals surface area contributed by atoms with Crippen LogP contribution in [0.2, 0.25) is 0 Å². The number of rotatable bonds is 3. The van der Waals surface area contributed by atoms with E-state index in [4.69, 9.17) is 4.74 Å². The van der Waals surface area contributed by atoms with Gasteiger partial charge in [0.25, 0.3) is 0 Å². The maximum atomic E-state index is 12.5. The first kappa shape index (κ1) is 18.7. The molecule has 0 aromatic carbocycles. The predicted octanol–water partition coefficient (Wildman–Crippen LogP) is 1.82. The first-order valence-electron chi connectivity index (χ1n) is 7.89. The van der Waals surface area contributed by atoms with E-state index in [9.17, 15) is 10.1 Å². The van der Waals surface area contributed by atoms with Crippen LogP contribution in [0.15, 0.2) is 0 Å². The van der Waals surface area contributed by atoms with Gasteiger partial charge in [0.2, 0.25) is 0 Å². The summed E-state index contributed by atoms with van der Waals surface area (Å²) in [5.74, 6) is 0. The molecule has 6 heteroatoms. The highest BCUT2D eigenvalue weighted by molar-refractivity contribution is 5.69. The summed E-state index contributed by atoms with van der Waals surface area (Å²) in [6, 6.07) is 2.03. The summed E-state index contributed by atoms with van der Waals surface area (Å²) < 4.78 is 5.51. The van der Waals surface area contributed by atoms with Crippen LogP contribution < -0.4 is 5.32 Å². The molecule has 1 N–H and O–H groups in total. The van der Waals surface area contributed by atoms with Crippen molar-refractivity contribution < 1.29 is 9.53 Å². The van der Waals surface area contributed by atoms with Crippen molar-refractivity contribution in [3.63, 3.8) is 0 Å². The van der Waals surface area contributed by atoms with Crippen molar-refractivity contribution in [3.05, 3.63) is 0 Å². The molecule has 0 aliphatic carbocycles. The molecule has 0 aromatic heterocycles. The molecule has 1 aliphatic rings. The second-order valence-electron chi connectivity index (χ2n) is 7.69. The number of amides is 1. The minimum Gasteiger partial charge on any atom is -0.444 e. The number of nitriles is 1. The Hall–Kier alpha value is -1.32. The molecule has 0 saturated carbocycles. The molecule has 0 spiro atoms. The lowest BCUT2D eigenvalue weighted by Gasteiger charge is -2.40. The molecule has 1 atom stereocenters. The summed E-state index contributed by atoms with van der Waals surface area (Å²) in [7, 11) is 0. The van der Waals surface area contributed by atoms with E-state index in [1.807, 2.05) is 41.5 Å². The normalized spacial score (nSPS) is 18.4. The Morgan fingerprint density at radius 1 is 1.27 bits per heavy atom. The van der Waals surface area contributed by atoms with Crippen LogP contribution in [0.25, 0.3) is 0 Å². The fourth-order valence-corrected chi connectivity index (χ4v) is 2.34. The van der Waals surface area contributed by atoms with Gasteiger partial charge in [0.1, 0.15) is 11.6 Å². The van der Waals surface area contributed by atoms with Crippen LogP contribution in [0.5, 0.6) is 0 Å². The van der Waals surface area contributed by atoms with Crippen LogP contribution in [0, 0.1) is 11.3 Å². The third-order valence-electron chi connectivity index (χ3n) is 3.52. The zero-order valence-electron chi connectivity index (χ0n) is 14.8. The molecule has 1 rings (SSSR count). The zero-order valence-corrected chi connectivity index (χ0v) is 14.8. The topological polar surface area (TPSA) is 68.6 Å². The first-order chi connectivity index (χ1) is 10.0. The van der Waals surface area contributed by atoms with E-state index in [1.165, 1.54) is 0 Å². The van der Waals surface area contributed by atoms with Crippen molar-refractivity contribution in [3.8, 4) is 6.07 Å². The molecule has 1 saturated heterocycles. The maximum Gasteiger partial charge on any atom is 0.410 e. The highest BCUT2D eigenvalue weighted by Gasteiger charge is 2.34. The van der Waals surface area contributed by atoms with Crippen molar-refractivity contribution >= 4 is 6.09 Å². The zero-order chi connectivity index (χ0) is 17.0. The van der Waals surface area contributed by atoms with Crippen molar-refractivity contribution in [2.24, 2.45) is 0 Å². The van der Waals surface area contributed by atoms with Crippen molar-refractivity contribution in [1.82, 2.24) is 15.1 Å². The summed E-state index contributed by atoms with van der Waals surface area (Å²) in [5.41, 5.74) is -0.941. The van der Waals surface area contributed by atoms with E-state index in [0.29, 0.717) is 6.54 Å². The van der Waals surface area contributed by atoms with E-state index in [2.05, 4.69) is 16.3 Å². The minimum absolute atomic E-state index is 0.311. The van der Waals surface area contributed by atoms with Gasteiger partial charge in [-0.15, -0.1) is 0 Å². The van der Waals surface area contributed by atoms with Gasteiger partial charge in [0, 0.05) is 31.7 Å². The van der Waals surface area contributed by atoms with Crippen LogP contribution in [0.4, 0.5) is 4.79 Å². The number of ether oxygens (including phenoxy) is 1. The van der Waals surface area contributed by atoms with E-state index in [1.54, 1.807) is 4.90 Å². The van der Waals surface area contributed by atoms with Crippen molar-refractivity contribution in [1.29, 1.82) is 5.26 Å². The second kappa shape index (κ2) is 7.30. The average molecular weight is 310 g/mol. The molecule has 126 valence electrons. The number of hydrogen-bond acceptors (Lipinski definition) is 5. The molecule has 0 aromatic rings. The van der Waals surface area contributed by atoms with Crippen LogP contribution in [-0.2, 0) is 4.74 Å². The lowest BCUT2D eigenvalue weighted by molar-refractivity contribution is 0.000275. The highest BCUT2D eigenvalue weighted by Crippen LogP contribution is 2.20. The van der Waals surface area contributed by atoms with Crippen LogP contribution in [0.3, 0.4) is 0 Å². The van der Waals surface area contributed by atoms with Gasteiger partial charge in [0.05, 0.1) is 12.6 Å². The number of carbonyl (C=O) groups excluding carboxylic acids is 1. The van der Waals surface area contributed by atoms with E-state index in [-0.39, 0.29) is 12.1 Å². The molecular weight excluding hydrogens is 280 g/mol. The summed E-state index contributed by atoms with van der Waals surface area (Å²) in [4.78, 5) is 16.3. The summed E-state index contributed by atoms with van der Waals surface area (Å²) in [5, 5.41) is 12.8.